The van der Waals surface area contributed by atoms with E-state index in [9.17, 15) is 9.59 Å². The van der Waals surface area contributed by atoms with Gasteiger partial charge in [0.25, 0.3) is 5.56 Å². The Kier molecular flexibility index (Phi) is 7.75. The van der Waals surface area contributed by atoms with Gasteiger partial charge in [0, 0.05) is 37.5 Å². The number of ether oxygens (including phenoxy) is 2. The molecule has 188 valence electrons. The first-order valence-corrected chi connectivity index (χ1v) is 12.7. The highest BCUT2D eigenvalue weighted by Crippen LogP contribution is 2.30. The minimum Gasteiger partial charge on any atom is -0.462 e. The number of imidazole rings is 1. The topological polar surface area (TPSA) is 75.4 Å². The van der Waals surface area contributed by atoms with E-state index in [0.29, 0.717) is 18.6 Å². The van der Waals surface area contributed by atoms with Crippen LogP contribution >= 0.6 is 0 Å². The molecule has 4 rings (SSSR count). The molecule has 3 aromatic rings. The lowest BCUT2D eigenvalue weighted by molar-refractivity contribution is -0.155. The van der Waals surface area contributed by atoms with Crippen LogP contribution in [0.15, 0.2) is 35.3 Å². The van der Waals surface area contributed by atoms with Crippen molar-refractivity contribution in [3.63, 3.8) is 0 Å². The molecule has 1 aliphatic rings. The standard InChI is InChI=1S/C28H37N3O4/c1-18(2)31-25-13-11-20(10-12-21(17-34-5)28(33)35-23-8-6-7-9-23)15-24(25)29-26(31)22-14-19(3)27(32)30(4)16-22/h11,13-16,18,21,23H,6-10,12,17H2,1-5H3/t21-/m0/s1. The first-order valence-electron chi connectivity index (χ1n) is 12.7. The van der Waals surface area contributed by atoms with Gasteiger partial charge in [-0.3, -0.25) is 9.59 Å². The molecular weight excluding hydrogens is 442 g/mol. The largest absolute Gasteiger partial charge is 0.462 e. The fourth-order valence-electron chi connectivity index (χ4n) is 5.10. The lowest BCUT2D eigenvalue weighted by Gasteiger charge is -2.18. The van der Waals surface area contributed by atoms with E-state index in [1.165, 1.54) is 0 Å². The van der Waals surface area contributed by atoms with Crippen LogP contribution in [0, 0.1) is 12.8 Å². The molecule has 7 nitrogen and oxygen atoms in total. The van der Waals surface area contributed by atoms with Crippen molar-refractivity contribution >= 4 is 17.0 Å². The van der Waals surface area contributed by atoms with E-state index < -0.39 is 0 Å². The Morgan fingerprint density at radius 1 is 1.20 bits per heavy atom. The van der Waals surface area contributed by atoms with Crippen LogP contribution in [-0.4, -0.2) is 39.9 Å². The number of benzene rings is 1. The first-order chi connectivity index (χ1) is 16.8. The van der Waals surface area contributed by atoms with Crippen LogP contribution in [0.4, 0.5) is 0 Å². The van der Waals surface area contributed by atoms with Crippen LogP contribution < -0.4 is 5.56 Å². The minimum absolute atomic E-state index is 0.000292. The van der Waals surface area contributed by atoms with Gasteiger partial charge < -0.3 is 18.6 Å². The Morgan fingerprint density at radius 3 is 2.60 bits per heavy atom. The third-order valence-corrected chi connectivity index (χ3v) is 6.96. The van der Waals surface area contributed by atoms with E-state index >= 15 is 0 Å². The molecule has 0 unspecified atom stereocenters. The second kappa shape index (κ2) is 10.8. The van der Waals surface area contributed by atoms with Gasteiger partial charge >= 0.3 is 5.97 Å². The number of rotatable bonds is 9. The summed E-state index contributed by atoms with van der Waals surface area (Å²) in [4.78, 5) is 29.9. The Balaban J connectivity index is 1.58. The lowest BCUT2D eigenvalue weighted by atomic mass is 9.99. The van der Waals surface area contributed by atoms with Gasteiger partial charge in [-0.05, 0) is 83.1 Å². The summed E-state index contributed by atoms with van der Waals surface area (Å²) in [7, 11) is 3.40. The van der Waals surface area contributed by atoms with Crippen molar-refractivity contribution < 1.29 is 14.3 Å². The number of nitrogens with zero attached hydrogens (tertiary/aromatic N) is 3. The van der Waals surface area contributed by atoms with Crippen molar-refractivity contribution in [2.75, 3.05) is 13.7 Å². The number of fused-ring (bicyclic) bond motifs is 1. The number of hydrogen-bond donors (Lipinski definition) is 0. The number of carbonyl (C=O) groups is 1. The van der Waals surface area contributed by atoms with Gasteiger partial charge in [0.15, 0.2) is 0 Å². The first kappa shape index (κ1) is 25.2. The molecular formula is C28H37N3O4. The monoisotopic (exact) mass is 479 g/mol. The summed E-state index contributed by atoms with van der Waals surface area (Å²) in [5.74, 6) is 0.438. The Labute approximate surface area is 207 Å². The van der Waals surface area contributed by atoms with Crippen LogP contribution in [-0.2, 0) is 27.7 Å². The maximum absolute atomic E-state index is 12.7. The van der Waals surface area contributed by atoms with E-state index in [1.54, 1.807) is 18.7 Å². The predicted molar refractivity (Wildman–Crippen MR) is 138 cm³/mol. The second-order valence-corrected chi connectivity index (χ2v) is 10.1. The molecule has 0 aliphatic heterocycles. The summed E-state index contributed by atoms with van der Waals surface area (Å²) in [5.41, 5.74) is 4.71. The molecule has 35 heavy (non-hydrogen) atoms. The van der Waals surface area contributed by atoms with Crippen LogP contribution in [0.25, 0.3) is 22.4 Å². The quantitative estimate of drug-likeness (QED) is 0.405. The van der Waals surface area contributed by atoms with Crippen molar-refractivity contribution in [3.8, 4) is 11.4 Å². The molecule has 1 atom stereocenters. The average molecular weight is 480 g/mol. The Bertz CT molecular complexity index is 1220. The minimum atomic E-state index is -0.270. The number of aryl methyl sites for hydroxylation is 3. The zero-order valence-electron chi connectivity index (χ0n) is 21.5. The fourth-order valence-corrected chi connectivity index (χ4v) is 5.10. The molecule has 1 saturated carbocycles. The number of esters is 1. The maximum atomic E-state index is 12.7. The van der Waals surface area contributed by atoms with Crippen molar-refractivity contribution in [1.82, 2.24) is 14.1 Å². The highest BCUT2D eigenvalue weighted by molar-refractivity contribution is 5.81. The zero-order valence-corrected chi connectivity index (χ0v) is 21.5. The SMILES string of the molecule is COC[C@H](CCc1ccc2c(c1)nc(-c1cc(C)c(=O)n(C)c1)n2C(C)C)C(=O)OC1CCCC1. The molecule has 1 aliphatic carbocycles. The smallest absolute Gasteiger partial charge is 0.311 e. The van der Waals surface area contributed by atoms with Crippen molar-refractivity contribution in [2.24, 2.45) is 13.0 Å². The van der Waals surface area contributed by atoms with Crippen molar-refractivity contribution in [3.05, 3.63) is 51.9 Å². The second-order valence-electron chi connectivity index (χ2n) is 10.1. The van der Waals surface area contributed by atoms with Crippen LogP contribution in [0.1, 0.15) is 63.1 Å². The molecule has 2 aromatic heterocycles. The summed E-state index contributed by atoms with van der Waals surface area (Å²) >= 11 is 0. The molecule has 0 saturated heterocycles. The highest BCUT2D eigenvalue weighted by atomic mass is 16.5. The molecule has 0 spiro atoms. The van der Waals surface area contributed by atoms with Crippen LogP contribution in [0.3, 0.4) is 0 Å². The van der Waals surface area contributed by atoms with Crippen LogP contribution in [0.5, 0.6) is 0 Å². The van der Waals surface area contributed by atoms with E-state index in [-0.39, 0.29) is 29.6 Å². The van der Waals surface area contributed by atoms with Gasteiger partial charge in [0.1, 0.15) is 11.9 Å². The Hall–Kier alpha value is -2.93. The van der Waals surface area contributed by atoms with Crippen molar-refractivity contribution in [1.29, 1.82) is 0 Å². The highest BCUT2D eigenvalue weighted by Gasteiger charge is 2.26. The molecule has 1 fully saturated rings. The summed E-state index contributed by atoms with van der Waals surface area (Å²) in [6, 6.07) is 8.45. The molecule has 2 heterocycles. The molecule has 7 heteroatoms. The van der Waals surface area contributed by atoms with E-state index in [0.717, 1.165) is 60.1 Å². The lowest BCUT2D eigenvalue weighted by Crippen LogP contribution is -2.26. The maximum Gasteiger partial charge on any atom is 0.311 e. The fraction of sp³-hybridized carbons (Fsp3) is 0.536. The number of hydrogen-bond acceptors (Lipinski definition) is 5. The van der Waals surface area contributed by atoms with Gasteiger partial charge in [-0.1, -0.05) is 6.07 Å². The summed E-state index contributed by atoms with van der Waals surface area (Å²) in [6.45, 7) is 6.48. The number of aromatic nitrogens is 3. The predicted octanol–water partition coefficient (Wildman–Crippen LogP) is 4.97. The Morgan fingerprint density at radius 2 is 1.94 bits per heavy atom. The van der Waals surface area contributed by atoms with Gasteiger partial charge in [-0.25, -0.2) is 4.98 Å². The van der Waals surface area contributed by atoms with Gasteiger partial charge in [0.2, 0.25) is 0 Å². The van der Waals surface area contributed by atoms with Gasteiger partial charge in [-0.2, -0.15) is 0 Å². The number of methoxy groups -OCH3 is 1. The number of carbonyl (C=O) groups excluding carboxylic acids is 1. The summed E-state index contributed by atoms with van der Waals surface area (Å²) < 4.78 is 14.9. The summed E-state index contributed by atoms with van der Waals surface area (Å²) in [6.07, 6.45) is 7.54. The van der Waals surface area contributed by atoms with Gasteiger partial charge in [-0.15, -0.1) is 0 Å². The zero-order chi connectivity index (χ0) is 25.1. The van der Waals surface area contributed by atoms with Crippen molar-refractivity contribution in [2.45, 2.75) is 71.4 Å². The third-order valence-electron chi connectivity index (χ3n) is 6.96. The van der Waals surface area contributed by atoms with E-state index in [4.69, 9.17) is 14.5 Å². The molecule has 0 radical (unpaired) electrons. The normalized spacial score (nSPS) is 15.3. The molecule has 1 aromatic carbocycles. The van der Waals surface area contributed by atoms with Gasteiger partial charge in [0.05, 0.1) is 23.6 Å². The average Bonchev–Trinajstić information content (AvgIpc) is 3.47. The third kappa shape index (κ3) is 5.50. The van der Waals surface area contributed by atoms with E-state index in [2.05, 4.69) is 36.6 Å². The van der Waals surface area contributed by atoms with E-state index in [1.807, 2.05) is 19.2 Å². The summed E-state index contributed by atoms with van der Waals surface area (Å²) in [5, 5.41) is 0. The molecule has 0 N–H and O–H groups in total. The van der Waals surface area contributed by atoms with Crippen LogP contribution in [0.2, 0.25) is 0 Å². The molecule has 0 amide bonds. The molecule has 0 bridgehead atoms. The number of pyridine rings is 1.